The summed E-state index contributed by atoms with van der Waals surface area (Å²) in [4.78, 5) is 36.9. The molecule has 11 nitrogen and oxygen atoms in total. The highest BCUT2D eigenvalue weighted by molar-refractivity contribution is 6.04. The van der Waals surface area contributed by atoms with Crippen LogP contribution in [0.4, 0.5) is 10.3 Å². The standard InChI is InChI=1S/C15H9FN2O3.C15H11N3O3/c2*16-15-17-7-6-13(18-15)21-10-4-5-11-9(8-10)2-1-3-12(11)14(19)20/h1-8H,(H,19,20);1-8H,(H,19,20)(H2,16,17,18). The highest BCUT2D eigenvalue weighted by Crippen LogP contribution is 2.28. The Kier molecular flexibility index (Phi) is 7.78. The summed E-state index contributed by atoms with van der Waals surface area (Å²) in [6.45, 7) is 0. The lowest BCUT2D eigenvalue weighted by molar-refractivity contribution is 0.0688. The first-order valence-corrected chi connectivity index (χ1v) is 12.2. The molecule has 0 saturated carbocycles. The number of ether oxygens (including phenoxy) is 2. The van der Waals surface area contributed by atoms with Gasteiger partial charge in [-0.05, 0) is 70.1 Å². The molecule has 2 aromatic heterocycles. The zero-order valence-electron chi connectivity index (χ0n) is 21.5. The van der Waals surface area contributed by atoms with Gasteiger partial charge in [0.05, 0.1) is 11.1 Å². The number of aromatic carboxylic acids is 2. The molecule has 0 aliphatic rings. The van der Waals surface area contributed by atoms with Crippen LogP contribution in [0.2, 0.25) is 0 Å². The lowest BCUT2D eigenvalue weighted by Crippen LogP contribution is -1.98. The molecule has 208 valence electrons. The number of nitrogen functional groups attached to an aromatic ring is 1. The van der Waals surface area contributed by atoms with E-state index in [-0.39, 0.29) is 23.0 Å². The van der Waals surface area contributed by atoms with Gasteiger partial charge >= 0.3 is 18.0 Å². The number of benzene rings is 4. The van der Waals surface area contributed by atoms with E-state index in [9.17, 15) is 14.0 Å². The van der Waals surface area contributed by atoms with Gasteiger partial charge in [0.2, 0.25) is 17.7 Å². The summed E-state index contributed by atoms with van der Waals surface area (Å²) in [7, 11) is 0. The number of carboxylic acids is 2. The second-order valence-electron chi connectivity index (χ2n) is 8.61. The second-order valence-corrected chi connectivity index (χ2v) is 8.61. The highest BCUT2D eigenvalue weighted by atomic mass is 19.1. The fourth-order valence-electron chi connectivity index (χ4n) is 4.05. The molecule has 42 heavy (non-hydrogen) atoms. The molecule has 0 fully saturated rings. The average Bonchev–Trinajstić information content (AvgIpc) is 2.96. The van der Waals surface area contributed by atoms with Gasteiger partial charge in [0.1, 0.15) is 11.5 Å². The van der Waals surface area contributed by atoms with Crippen molar-refractivity contribution < 1.29 is 33.7 Å². The number of carbonyl (C=O) groups is 2. The molecule has 0 aliphatic carbocycles. The van der Waals surface area contributed by atoms with Crippen molar-refractivity contribution in [2.75, 3.05) is 5.73 Å². The van der Waals surface area contributed by atoms with Crippen LogP contribution in [-0.2, 0) is 0 Å². The van der Waals surface area contributed by atoms with Crippen LogP contribution in [0.25, 0.3) is 21.5 Å². The van der Waals surface area contributed by atoms with E-state index in [0.29, 0.717) is 33.5 Å². The zero-order valence-corrected chi connectivity index (χ0v) is 21.5. The van der Waals surface area contributed by atoms with Crippen molar-refractivity contribution in [1.82, 2.24) is 19.9 Å². The molecule has 6 rings (SSSR count). The molecule has 0 bridgehead atoms. The van der Waals surface area contributed by atoms with E-state index in [2.05, 4.69) is 19.9 Å². The predicted molar refractivity (Wildman–Crippen MR) is 150 cm³/mol. The van der Waals surface area contributed by atoms with Crippen LogP contribution in [0, 0.1) is 6.08 Å². The number of nitrogens with two attached hydrogens (primary N) is 1. The molecule has 2 heterocycles. The van der Waals surface area contributed by atoms with Gasteiger partial charge in [-0.25, -0.2) is 19.6 Å². The number of anilines is 1. The maximum Gasteiger partial charge on any atom is 0.336 e. The Morgan fingerprint density at radius 2 is 1.17 bits per heavy atom. The maximum absolute atomic E-state index is 12.9. The third-order valence-corrected chi connectivity index (χ3v) is 5.86. The van der Waals surface area contributed by atoms with Crippen LogP contribution in [0.5, 0.6) is 23.3 Å². The van der Waals surface area contributed by atoms with Crippen LogP contribution < -0.4 is 15.2 Å². The molecule has 0 radical (unpaired) electrons. The quantitative estimate of drug-likeness (QED) is 0.203. The lowest BCUT2D eigenvalue weighted by Gasteiger charge is -2.07. The molecule has 0 amide bonds. The monoisotopic (exact) mass is 565 g/mol. The van der Waals surface area contributed by atoms with Crippen LogP contribution in [0.15, 0.2) is 97.3 Å². The van der Waals surface area contributed by atoms with Crippen molar-refractivity contribution in [3.63, 3.8) is 0 Å². The van der Waals surface area contributed by atoms with Crippen LogP contribution in [0.3, 0.4) is 0 Å². The van der Waals surface area contributed by atoms with Crippen molar-refractivity contribution >= 4 is 39.4 Å². The number of aromatic nitrogens is 4. The van der Waals surface area contributed by atoms with E-state index >= 15 is 0 Å². The Morgan fingerprint density at radius 1 is 0.667 bits per heavy atom. The van der Waals surface area contributed by atoms with Gasteiger partial charge in [0.15, 0.2) is 0 Å². The van der Waals surface area contributed by atoms with Crippen molar-refractivity contribution in [3.05, 3.63) is 115 Å². The molecule has 4 aromatic carbocycles. The van der Waals surface area contributed by atoms with Crippen LogP contribution in [-0.4, -0.2) is 42.1 Å². The lowest BCUT2D eigenvalue weighted by atomic mass is 10.0. The summed E-state index contributed by atoms with van der Waals surface area (Å²) in [5.41, 5.74) is 5.96. The number of carboxylic acid groups (broad SMARTS) is 2. The smallest absolute Gasteiger partial charge is 0.336 e. The number of hydrogen-bond donors (Lipinski definition) is 3. The predicted octanol–water partition coefficient (Wildman–Crippen LogP) is 5.96. The highest BCUT2D eigenvalue weighted by Gasteiger charge is 2.10. The molecule has 6 aromatic rings. The van der Waals surface area contributed by atoms with Gasteiger partial charge in [0.25, 0.3) is 0 Å². The zero-order chi connectivity index (χ0) is 29.6. The summed E-state index contributed by atoms with van der Waals surface area (Å²) < 4.78 is 23.9. The third-order valence-electron chi connectivity index (χ3n) is 5.86. The average molecular weight is 566 g/mol. The SMILES string of the molecule is Nc1nccc(Oc2ccc3c(C(=O)O)cccc3c2)n1.O=C(O)c1cccc2cc(Oc3ccnc(F)n3)ccc12. The molecule has 4 N–H and O–H groups in total. The van der Waals surface area contributed by atoms with E-state index < -0.39 is 18.0 Å². The minimum absolute atomic E-state index is 0.0799. The van der Waals surface area contributed by atoms with Crippen molar-refractivity contribution in [2.45, 2.75) is 0 Å². The number of fused-ring (bicyclic) bond motifs is 2. The fourth-order valence-corrected chi connectivity index (χ4v) is 4.05. The summed E-state index contributed by atoms with van der Waals surface area (Å²) in [6.07, 6.45) is 1.88. The summed E-state index contributed by atoms with van der Waals surface area (Å²) in [5.74, 6) is -0.440. The Balaban J connectivity index is 0.000000168. The van der Waals surface area contributed by atoms with Gasteiger partial charge in [0, 0.05) is 24.5 Å². The molecule has 0 atom stereocenters. The summed E-state index contributed by atoms with van der Waals surface area (Å²) in [5, 5.41) is 21.0. The minimum Gasteiger partial charge on any atom is -0.478 e. The number of nitrogens with zero attached hydrogens (tertiary/aromatic N) is 4. The first-order chi connectivity index (χ1) is 20.3. The van der Waals surface area contributed by atoms with Gasteiger partial charge in [-0.1, -0.05) is 24.3 Å². The van der Waals surface area contributed by atoms with Crippen molar-refractivity contribution in [2.24, 2.45) is 0 Å². The van der Waals surface area contributed by atoms with E-state index in [1.807, 2.05) is 6.07 Å². The third kappa shape index (κ3) is 6.34. The van der Waals surface area contributed by atoms with Gasteiger partial charge < -0.3 is 25.4 Å². The molecule has 12 heteroatoms. The topological polar surface area (TPSA) is 171 Å². The summed E-state index contributed by atoms with van der Waals surface area (Å²) in [6, 6.07) is 23.1. The number of hydrogen-bond acceptors (Lipinski definition) is 9. The molecular formula is C30H20FN5O6. The van der Waals surface area contributed by atoms with E-state index in [1.165, 1.54) is 24.5 Å². The molecule has 0 unspecified atom stereocenters. The van der Waals surface area contributed by atoms with Crippen molar-refractivity contribution in [1.29, 1.82) is 0 Å². The van der Waals surface area contributed by atoms with Gasteiger partial charge in [-0.15, -0.1) is 0 Å². The molecule has 0 saturated heterocycles. The second kappa shape index (κ2) is 11.9. The van der Waals surface area contributed by atoms with Crippen LogP contribution >= 0.6 is 0 Å². The summed E-state index contributed by atoms with van der Waals surface area (Å²) >= 11 is 0. The van der Waals surface area contributed by atoms with E-state index in [4.69, 9.17) is 25.4 Å². The first kappa shape index (κ1) is 27.4. The van der Waals surface area contributed by atoms with Crippen molar-refractivity contribution in [3.8, 4) is 23.3 Å². The normalized spacial score (nSPS) is 10.5. The molecule has 0 spiro atoms. The van der Waals surface area contributed by atoms with Gasteiger partial charge in [-0.3, -0.25) is 0 Å². The molecule has 0 aliphatic heterocycles. The van der Waals surface area contributed by atoms with Gasteiger partial charge in [-0.2, -0.15) is 14.4 Å². The minimum atomic E-state index is -0.993. The Labute approximate surface area is 236 Å². The Bertz CT molecular complexity index is 1810. The van der Waals surface area contributed by atoms with E-state index in [1.54, 1.807) is 66.7 Å². The largest absolute Gasteiger partial charge is 0.478 e. The number of halogens is 1. The number of rotatable bonds is 6. The maximum atomic E-state index is 12.9. The Morgan fingerprint density at radius 3 is 1.64 bits per heavy atom. The van der Waals surface area contributed by atoms with Crippen LogP contribution in [0.1, 0.15) is 20.7 Å². The fraction of sp³-hybridized carbons (Fsp3) is 0. The Hall–Kier alpha value is -6.17. The molecular weight excluding hydrogens is 545 g/mol. The first-order valence-electron chi connectivity index (χ1n) is 12.2. The van der Waals surface area contributed by atoms with E-state index in [0.717, 1.165) is 5.39 Å².